The molecule has 0 aliphatic heterocycles. The number of aromatic nitrogens is 1. The Balaban J connectivity index is 0.00000264. The lowest BCUT2D eigenvalue weighted by atomic mass is 9.87. The predicted molar refractivity (Wildman–Crippen MR) is 98.4 cm³/mol. The maximum atomic E-state index is 12.1. The molecule has 2 aromatic rings. The summed E-state index contributed by atoms with van der Waals surface area (Å²) in [5, 5.41) is 5.59. The molecular weight excluding hydrogens is 330 g/mol. The van der Waals surface area contributed by atoms with Gasteiger partial charge in [-0.2, -0.15) is 0 Å². The molecule has 4 nitrogen and oxygen atoms in total. The number of amides is 1. The molecule has 0 radical (unpaired) electrons. The Hall–Kier alpha value is -1.43. The lowest BCUT2D eigenvalue weighted by molar-refractivity contribution is 0.0946. The minimum absolute atomic E-state index is 0. The molecule has 0 fully saturated rings. The van der Waals surface area contributed by atoms with Gasteiger partial charge >= 0.3 is 0 Å². The lowest BCUT2D eigenvalue weighted by Crippen LogP contribution is -2.23. The SMILES string of the molecule is CC(C)(C)c1ccc(CNC(=O)c2csc(CCN)n2)cc1.Cl. The molecule has 0 saturated carbocycles. The van der Waals surface area contributed by atoms with Crippen LogP contribution in [0.4, 0.5) is 0 Å². The maximum absolute atomic E-state index is 12.1. The second kappa shape index (κ2) is 8.43. The fourth-order valence-electron chi connectivity index (χ4n) is 2.05. The van der Waals surface area contributed by atoms with Crippen LogP contribution >= 0.6 is 23.7 Å². The van der Waals surface area contributed by atoms with E-state index >= 15 is 0 Å². The van der Waals surface area contributed by atoms with Gasteiger partial charge in [0.1, 0.15) is 5.69 Å². The van der Waals surface area contributed by atoms with Crippen molar-refractivity contribution >= 4 is 29.7 Å². The molecule has 23 heavy (non-hydrogen) atoms. The fourth-order valence-corrected chi connectivity index (χ4v) is 2.84. The zero-order valence-electron chi connectivity index (χ0n) is 13.8. The lowest BCUT2D eigenvalue weighted by Gasteiger charge is -2.19. The van der Waals surface area contributed by atoms with E-state index < -0.39 is 0 Å². The Bertz CT molecular complexity index is 632. The van der Waals surface area contributed by atoms with Crippen LogP contribution in [-0.4, -0.2) is 17.4 Å². The van der Waals surface area contributed by atoms with Crippen LogP contribution in [0, 0.1) is 0 Å². The van der Waals surface area contributed by atoms with E-state index in [1.807, 2.05) is 0 Å². The molecule has 0 bridgehead atoms. The van der Waals surface area contributed by atoms with E-state index in [2.05, 4.69) is 55.3 Å². The molecule has 0 spiro atoms. The summed E-state index contributed by atoms with van der Waals surface area (Å²) in [6.45, 7) is 7.61. The molecular formula is C17H24ClN3OS. The van der Waals surface area contributed by atoms with Gasteiger partial charge in [0.25, 0.3) is 5.91 Å². The molecule has 0 aliphatic carbocycles. The van der Waals surface area contributed by atoms with Gasteiger partial charge in [-0.05, 0) is 23.1 Å². The minimum Gasteiger partial charge on any atom is -0.347 e. The zero-order chi connectivity index (χ0) is 16.2. The molecule has 0 saturated heterocycles. The standard InChI is InChI=1S/C17H23N3OS.ClH/c1-17(2,3)13-6-4-12(5-7-13)10-19-16(21)14-11-22-15(20-14)8-9-18;/h4-7,11H,8-10,18H2,1-3H3,(H,19,21);1H. The Morgan fingerprint density at radius 2 is 1.91 bits per heavy atom. The molecule has 1 amide bonds. The number of carbonyl (C=O) groups excluding carboxylic acids is 1. The molecule has 6 heteroatoms. The summed E-state index contributed by atoms with van der Waals surface area (Å²) in [6.07, 6.45) is 0.714. The number of hydrogen-bond acceptors (Lipinski definition) is 4. The summed E-state index contributed by atoms with van der Waals surface area (Å²) in [5.41, 5.74) is 8.47. The van der Waals surface area contributed by atoms with Crippen molar-refractivity contribution in [3.8, 4) is 0 Å². The van der Waals surface area contributed by atoms with Crippen molar-refractivity contribution in [1.29, 1.82) is 0 Å². The normalized spacial score (nSPS) is 11.0. The third-order valence-corrected chi connectivity index (χ3v) is 4.32. The highest BCUT2D eigenvalue weighted by atomic mass is 35.5. The van der Waals surface area contributed by atoms with Crippen LogP contribution in [0.3, 0.4) is 0 Å². The first-order chi connectivity index (χ1) is 10.4. The molecule has 0 atom stereocenters. The van der Waals surface area contributed by atoms with Gasteiger partial charge in [-0.25, -0.2) is 4.98 Å². The number of thiazole rings is 1. The van der Waals surface area contributed by atoms with Crippen molar-refractivity contribution in [2.45, 2.75) is 39.2 Å². The first-order valence-electron chi connectivity index (χ1n) is 7.42. The van der Waals surface area contributed by atoms with Crippen LogP contribution in [-0.2, 0) is 18.4 Å². The van der Waals surface area contributed by atoms with Crippen LogP contribution in [0.1, 0.15) is 47.4 Å². The van der Waals surface area contributed by atoms with E-state index in [1.165, 1.54) is 16.9 Å². The summed E-state index contributed by atoms with van der Waals surface area (Å²) in [6, 6.07) is 8.34. The Morgan fingerprint density at radius 1 is 1.26 bits per heavy atom. The van der Waals surface area contributed by atoms with Crippen LogP contribution in [0.25, 0.3) is 0 Å². The number of nitrogens with one attached hydrogen (secondary N) is 1. The summed E-state index contributed by atoms with van der Waals surface area (Å²) in [5.74, 6) is -0.139. The first-order valence-corrected chi connectivity index (χ1v) is 8.30. The molecule has 126 valence electrons. The fraction of sp³-hybridized carbons (Fsp3) is 0.412. The molecule has 2 rings (SSSR count). The van der Waals surface area contributed by atoms with E-state index in [4.69, 9.17) is 5.73 Å². The number of carbonyl (C=O) groups is 1. The van der Waals surface area contributed by atoms with Gasteiger partial charge in [-0.15, -0.1) is 23.7 Å². The van der Waals surface area contributed by atoms with E-state index in [0.29, 0.717) is 25.2 Å². The summed E-state index contributed by atoms with van der Waals surface area (Å²) in [7, 11) is 0. The second-order valence-electron chi connectivity index (χ2n) is 6.29. The van der Waals surface area contributed by atoms with Gasteiger partial charge in [0.2, 0.25) is 0 Å². The van der Waals surface area contributed by atoms with Gasteiger partial charge in [0, 0.05) is 18.3 Å². The van der Waals surface area contributed by atoms with Gasteiger partial charge in [0.15, 0.2) is 0 Å². The summed E-state index contributed by atoms with van der Waals surface area (Å²) < 4.78 is 0. The second-order valence-corrected chi connectivity index (χ2v) is 7.24. The highest BCUT2D eigenvalue weighted by molar-refractivity contribution is 7.09. The third kappa shape index (κ3) is 5.61. The Labute approximate surface area is 147 Å². The smallest absolute Gasteiger partial charge is 0.271 e. The average molecular weight is 354 g/mol. The van der Waals surface area contributed by atoms with Crippen molar-refractivity contribution in [2.24, 2.45) is 5.73 Å². The minimum atomic E-state index is -0.139. The van der Waals surface area contributed by atoms with Crippen molar-refractivity contribution in [1.82, 2.24) is 10.3 Å². The zero-order valence-corrected chi connectivity index (χ0v) is 15.4. The van der Waals surface area contributed by atoms with Gasteiger partial charge < -0.3 is 11.1 Å². The van der Waals surface area contributed by atoms with Crippen LogP contribution in [0.5, 0.6) is 0 Å². The number of benzene rings is 1. The van der Waals surface area contributed by atoms with Crippen molar-refractivity contribution in [2.75, 3.05) is 6.54 Å². The molecule has 0 unspecified atom stereocenters. The number of nitrogens with zero attached hydrogens (tertiary/aromatic N) is 1. The van der Waals surface area contributed by atoms with Gasteiger partial charge in [0.05, 0.1) is 5.01 Å². The molecule has 0 aliphatic rings. The Kier molecular flexibility index (Phi) is 7.19. The van der Waals surface area contributed by atoms with Crippen LogP contribution < -0.4 is 11.1 Å². The topological polar surface area (TPSA) is 68.0 Å². The average Bonchev–Trinajstić information content (AvgIpc) is 2.93. The summed E-state index contributed by atoms with van der Waals surface area (Å²) in [4.78, 5) is 16.3. The number of nitrogens with two attached hydrogens (primary N) is 1. The maximum Gasteiger partial charge on any atom is 0.271 e. The molecule has 1 heterocycles. The van der Waals surface area contributed by atoms with Crippen molar-refractivity contribution in [3.05, 3.63) is 51.5 Å². The van der Waals surface area contributed by atoms with E-state index in [0.717, 1.165) is 10.6 Å². The molecule has 1 aromatic carbocycles. The molecule has 3 N–H and O–H groups in total. The van der Waals surface area contributed by atoms with Crippen molar-refractivity contribution < 1.29 is 4.79 Å². The van der Waals surface area contributed by atoms with Gasteiger partial charge in [-0.1, -0.05) is 45.0 Å². The number of hydrogen-bond donors (Lipinski definition) is 2. The summed E-state index contributed by atoms with van der Waals surface area (Å²) >= 11 is 1.48. The molecule has 1 aromatic heterocycles. The van der Waals surface area contributed by atoms with Crippen LogP contribution in [0.15, 0.2) is 29.6 Å². The first kappa shape index (κ1) is 19.6. The predicted octanol–water partition coefficient (Wildman–Crippen LogP) is 3.29. The Morgan fingerprint density at radius 3 is 2.48 bits per heavy atom. The third-order valence-electron chi connectivity index (χ3n) is 3.42. The number of rotatable bonds is 5. The van der Waals surface area contributed by atoms with Crippen molar-refractivity contribution in [3.63, 3.8) is 0 Å². The highest BCUT2D eigenvalue weighted by Crippen LogP contribution is 2.22. The van der Waals surface area contributed by atoms with Crippen LogP contribution in [0.2, 0.25) is 0 Å². The van der Waals surface area contributed by atoms with Gasteiger partial charge in [-0.3, -0.25) is 4.79 Å². The van der Waals surface area contributed by atoms with E-state index in [9.17, 15) is 4.79 Å². The van der Waals surface area contributed by atoms with E-state index in [-0.39, 0.29) is 23.7 Å². The quantitative estimate of drug-likeness (QED) is 0.866. The highest BCUT2D eigenvalue weighted by Gasteiger charge is 2.13. The largest absolute Gasteiger partial charge is 0.347 e. The number of halogens is 1. The van der Waals surface area contributed by atoms with E-state index in [1.54, 1.807) is 5.38 Å². The monoisotopic (exact) mass is 353 g/mol.